The largest absolute Gasteiger partial charge is 0.351 e. The van der Waals surface area contributed by atoms with Gasteiger partial charge in [-0.05, 0) is 36.6 Å². The van der Waals surface area contributed by atoms with Gasteiger partial charge in [-0.2, -0.15) is 0 Å². The minimum absolute atomic E-state index is 0.0911. The third-order valence-corrected chi connectivity index (χ3v) is 5.83. The molecule has 0 saturated heterocycles. The second-order valence-corrected chi connectivity index (χ2v) is 7.90. The maximum absolute atomic E-state index is 12.9. The molecule has 1 aromatic carbocycles. The minimum Gasteiger partial charge on any atom is -0.351 e. The summed E-state index contributed by atoms with van der Waals surface area (Å²) in [6, 6.07) is 9.61. The molecule has 0 bridgehead atoms. The van der Waals surface area contributed by atoms with Crippen molar-refractivity contribution in [3.63, 3.8) is 0 Å². The molecule has 3 aromatic rings. The number of rotatable bonds is 8. The zero-order valence-corrected chi connectivity index (χ0v) is 17.6. The predicted molar refractivity (Wildman–Crippen MR) is 114 cm³/mol. The molecular formula is C21H23ClN4OS. The molecule has 1 amide bonds. The van der Waals surface area contributed by atoms with Gasteiger partial charge in [0.25, 0.3) is 5.91 Å². The number of benzene rings is 1. The van der Waals surface area contributed by atoms with Crippen molar-refractivity contribution in [3.8, 4) is 10.8 Å². The second kappa shape index (κ2) is 9.75. The fourth-order valence-electron chi connectivity index (χ4n) is 3.04. The Labute approximate surface area is 174 Å². The third-order valence-electron chi connectivity index (χ3n) is 4.48. The van der Waals surface area contributed by atoms with Gasteiger partial charge >= 0.3 is 0 Å². The van der Waals surface area contributed by atoms with E-state index in [2.05, 4.69) is 27.2 Å². The van der Waals surface area contributed by atoms with Crippen LogP contribution in [0.4, 0.5) is 0 Å². The quantitative estimate of drug-likeness (QED) is 0.554. The monoisotopic (exact) mass is 414 g/mol. The van der Waals surface area contributed by atoms with Gasteiger partial charge in [0.05, 0.1) is 5.69 Å². The molecule has 2 aromatic heterocycles. The SMILES string of the molecule is CCCC(CNC(=O)c1sc(-c2ncccn2)nc1CC)c1ccc(Cl)cc1. The van der Waals surface area contributed by atoms with Crippen LogP contribution in [0.1, 0.15) is 53.5 Å². The van der Waals surface area contributed by atoms with Crippen molar-refractivity contribution in [2.75, 3.05) is 6.54 Å². The van der Waals surface area contributed by atoms with E-state index in [1.807, 2.05) is 31.2 Å². The van der Waals surface area contributed by atoms with Crippen LogP contribution in [0.5, 0.6) is 0 Å². The molecule has 2 heterocycles. The summed E-state index contributed by atoms with van der Waals surface area (Å²) < 4.78 is 0. The lowest BCUT2D eigenvalue weighted by atomic mass is 9.94. The van der Waals surface area contributed by atoms with Crippen molar-refractivity contribution >= 4 is 28.8 Å². The molecule has 0 spiro atoms. The summed E-state index contributed by atoms with van der Waals surface area (Å²) in [5, 5.41) is 4.48. The lowest BCUT2D eigenvalue weighted by molar-refractivity contribution is 0.0953. The second-order valence-electron chi connectivity index (χ2n) is 6.47. The van der Waals surface area contributed by atoms with Crippen molar-refractivity contribution in [2.45, 2.75) is 39.0 Å². The summed E-state index contributed by atoms with van der Waals surface area (Å²) in [7, 11) is 0. The van der Waals surface area contributed by atoms with E-state index in [0.717, 1.165) is 23.6 Å². The molecule has 1 N–H and O–H groups in total. The Hall–Kier alpha value is -2.31. The van der Waals surface area contributed by atoms with Crippen molar-refractivity contribution in [1.82, 2.24) is 20.3 Å². The fraction of sp³-hybridized carbons (Fsp3) is 0.333. The summed E-state index contributed by atoms with van der Waals surface area (Å²) in [5.41, 5.74) is 1.97. The normalized spacial score (nSPS) is 12.0. The number of thiazole rings is 1. The summed E-state index contributed by atoms with van der Waals surface area (Å²) in [5.74, 6) is 0.707. The van der Waals surface area contributed by atoms with Crippen molar-refractivity contribution < 1.29 is 4.79 Å². The standard InChI is InChI=1S/C21H23ClN4OS/c1-3-6-15(14-7-9-16(22)10-8-14)13-25-20(27)18-17(4-2)26-21(28-18)19-23-11-5-12-24-19/h5,7-12,15H,3-4,6,13H2,1-2H3,(H,25,27). The highest BCUT2D eigenvalue weighted by Crippen LogP contribution is 2.27. The zero-order chi connectivity index (χ0) is 19.9. The third kappa shape index (κ3) is 4.94. The average molecular weight is 415 g/mol. The topological polar surface area (TPSA) is 67.8 Å². The van der Waals surface area contributed by atoms with Crippen molar-refractivity contribution in [2.24, 2.45) is 0 Å². The van der Waals surface area contributed by atoms with Crippen LogP contribution in [0.25, 0.3) is 10.8 Å². The molecular weight excluding hydrogens is 392 g/mol. The van der Waals surface area contributed by atoms with E-state index in [1.165, 1.54) is 16.9 Å². The highest BCUT2D eigenvalue weighted by molar-refractivity contribution is 7.17. The van der Waals surface area contributed by atoms with Gasteiger partial charge in [0.15, 0.2) is 10.8 Å². The van der Waals surface area contributed by atoms with Crippen molar-refractivity contribution in [3.05, 3.63) is 63.9 Å². The van der Waals surface area contributed by atoms with Gasteiger partial charge in [-0.25, -0.2) is 15.0 Å². The molecule has 5 nitrogen and oxygen atoms in total. The Balaban J connectivity index is 1.74. The Morgan fingerprint density at radius 2 is 1.89 bits per heavy atom. The smallest absolute Gasteiger partial charge is 0.263 e. The number of nitrogens with one attached hydrogen (secondary N) is 1. The van der Waals surface area contributed by atoms with Gasteiger partial charge in [0.2, 0.25) is 0 Å². The zero-order valence-electron chi connectivity index (χ0n) is 16.0. The van der Waals surface area contributed by atoms with Crippen LogP contribution in [-0.2, 0) is 6.42 Å². The number of aromatic nitrogens is 3. The maximum Gasteiger partial charge on any atom is 0.263 e. The number of amides is 1. The Bertz CT molecular complexity index is 912. The van der Waals surface area contributed by atoms with Gasteiger partial charge in [-0.3, -0.25) is 4.79 Å². The van der Waals surface area contributed by atoms with Crippen LogP contribution in [0.2, 0.25) is 5.02 Å². The summed E-state index contributed by atoms with van der Waals surface area (Å²) in [6.45, 7) is 4.72. The number of carbonyl (C=O) groups is 1. The first-order valence-corrected chi connectivity index (χ1v) is 10.6. The molecule has 1 unspecified atom stereocenters. The first kappa shape index (κ1) is 20.4. The molecule has 0 radical (unpaired) electrons. The Morgan fingerprint density at radius 3 is 2.54 bits per heavy atom. The average Bonchev–Trinajstić information content (AvgIpc) is 3.17. The number of nitrogens with zero attached hydrogens (tertiary/aromatic N) is 3. The van der Waals surface area contributed by atoms with Crippen LogP contribution in [0, 0.1) is 0 Å². The molecule has 0 aliphatic heterocycles. The number of carbonyl (C=O) groups excluding carboxylic acids is 1. The predicted octanol–water partition coefficient (Wildman–Crippen LogP) is 5.13. The summed E-state index contributed by atoms with van der Waals surface area (Å²) in [6.07, 6.45) is 6.07. The molecule has 28 heavy (non-hydrogen) atoms. The van der Waals surface area contributed by atoms with E-state index >= 15 is 0 Å². The highest BCUT2D eigenvalue weighted by atomic mass is 35.5. The molecule has 0 aliphatic carbocycles. The first-order valence-electron chi connectivity index (χ1n) is 9.43. The Kier molecular flexibility index (Phi) is 7.12. The van der Waals surface area contributed by atoms with Gasteiger partial charge in [-0.15, -0.1) is 11.3 Å². The first-order chi connectivity index (χ1) is 13.6. The Morgan fingerprint density at radius 1 is 1.18 bits per heavy atom. The van der Waals surface area contributed by atoms with E-state index in [1.54, 1.807) is 18.5 Å². The van der Waals surface area contributed by atoms with Crippen LogP contribution < -0.4 is 5.32 Å². The fourth-order valence-corrected chi connectivity index (χ4v) is 4.18. The molecule has 3 rings (SSSR count). The van der Waals surface area contributed by atoms with Gasteiger partial charge in [0.1, 0.15) is 4.88 Å². The van der Waals surface area contributed by atoms with Crippen molar-refractivity contribution in [1.29, 1.82) is 0 Å². The summed E-state index contributed by atoms with van der Waals surface area (Å²) in [4.78, 5) is 26.5. The molecule has 0 fully saturated rings. The van der Waals surface area contributed by atoms with Gasteiger partial charge < -0.3 is 5.32 Å². The number of halogens is 1. The summed E-state index contributed by atoms with van der Waals surface area (Å²) >= 11 is 7.34. The van der Waals surface area contributed by atoms with Gasteiger partial charge in [0, 0.05) is 29.9 Å². The van der Waals surface area contributed by atoms with E-state index < -0.39 is 0 Å². The molecule has 0 aliphatic rings. The molecule has 7 heteroatoms. The van der Waals surface area contributed by atoms with Gasteiger partial charge in [-0.1, -0.05) is 44.0 Å². The minimum atomic E-state index is -0.0911. The van der Waals surface area contributed by atoms with E-state index in [9.17, 15) is 4.79 Å². The lowest BCUT2D eigenvalue weighted by Crippen LogP contribution is -2.28. The van der Waals surface area contributed by atoms with Crippen LogP contribution in [0.3, 0.4) is 0 Å². The maximum atomic E-state index is 12.9. The molecule has 0 saturated carbocycles. The molecule has 146 valence electrons. The lowest BCUT2D eigenvalue weighted by Gasteiger charge is -2.17. The van der Waals surface area contributed by atoms with Crippen LogP contribution >= 0.6 is 22.9 Å². The number of hydrogen-bond donors (Lipinski definition) is 1. The van der Waals surface area contributed by atoms with Crippen LogP contribution in [0.15, 0.2) is 42.7 Å². The van der Waals surface area contributed by atoms with E-state index in [0.29, 0.717) is 28.7 Å². The molecule has 1 atom stereocenters. The van der Waals surface area contributed by atoms with E-state index in [4.69, 9.17) is 11.6 Å². The highest BCUT2D eigenvalue weighted by Gasteiger charge is 2.20. The number of hydrogen-bond acceptors (Lipinski definition) is 5. The number of aryl methyl sites for hydroxylation is 1. The van der Waals surface area contributed by atoms with E-state index in [-0.39, 0.29) is 11.8 Å². The van der Waals surface area contributed by atoms with Crippen LogP contribution in [-0.4, -0.2) is 27.4 Å².